The van der Waals surface area contributed by atoms with E-state index >= 15 is 0 Å². The molecule has 1 aromatic carbocycles. The van der Waals surface area contributed by atoms with Gasteiger partial charge in [0.15, 0.2) is 5.96 Å². The Morgan fingerprint density at radius 3 is 2.13 bits per heavy atom. The second kappa shape index (κ2) is 17.6. The number of guanidine groups is 1. The molecule has 1 aromatic rings. The number of aliphatic carboxylic acids is 2. The molecule has 0 saturated carbocycles. The number of nitro benzene ring substituents is 1. The number of carboxylic acids is 2. The van der Waals surface area contributed by atoms with Crippen molar-refractivity contribution in [2.75, 3.05) is 18.4 Å². The smallest absolute Gasteiger partial charge is 0.303 e. The quantitative estimate of drug-likeness (QED) is 0.0438. The summed E-state index contributed by atoms with van der Waals surface area (Å²) >= 11 is 0. The minimum Gasteiger partial charge on any atom is -0.481 e. The van der Waals surface area contributed by atoms with Gasteiger partial charge in [0.1, 0.15) is 6.04 Å². The molecule has 0 aliphatic carbocycles. The van der Waals surface area contributed by atoms with Crippen LogP contribution in [0.1, 0.15) is 32.6 Å². The number of hydrogen-bond donors (Lipinski definition) is 8. The first kappa shape index (κ1) is 33.2. The van der Waals surface area contributed by atoms with Crippen molar-refractivity contribution in [2.24, 2.45) is 22.2 Å². The van der Waals surface area contributed by atoms with Gasteiger partial charge in [-0.2, -0.15) is 0 Å². The summed E-state index contributed by atoms with van der Waals surface area (Å²) in [5, 5.41) is 34.1. The van der Waals surface area contributed by atoms with Gasteiger partial charge in [0.2, 0.25) is 17.7 Å². The largest absolute Gasteiger partial charge is 0.481 e. The van der Waals surface area contributed by atoms with Crippen LogP contribution < -0.4 is 33.2 Å². The molecule has 2 atom stereocenters. The van der Waals surface area contributed by atoms with Gasteiger partial charge in [-0.3, -0.25) is 39.1 Å². The lowest BCUT2D eigenvalue weighted by Crippen LogP contribution is -2.49. The second-order valence-corrected chi connectivity index (χ2v) is 7.64. The number of aliphatic imine (C=N–C) groups is 1. The van der Waals surface area contributed by atoms with Crippen molar-refractivity contribution in [3.05, 3.63) is 34.4 Å². The number of amides is 3. The topological polar surface area (TPSA) is 295 Å². The van der Waals surface area contributed by atoms with Gasteiger partial charge < -0.3 is 43.4 Å². The van der Waals surface area contributed by atoms with E-state index in [2.05, 4.69) is 20.9 Å². The van der Waals surface area contributed by atoms with Gasteiger partial charge >= 0.3 is 5.97 Å². The fraction of sp³-hybridized carbons (Fsp3) is 0.429. The van der Waals surface area contributed by atoms with Crippen LogP contribution in [0.5, 0.6) is 0 Å². The third kappa shape index (κ3) is 16.0. The van der Waals surface area contributed by atoms with E-state index in [1.165, 1.54) is 24.3 Å². The van der Waals surface area contributed by atoms with Crippen molar-refractivity contribution < 1.29 is 39.1 Å². The molecule has 0 aliphatic rings. The van der Waals surface area contributed by atoms with Gasteiger partial charge in [0, 0.05) is 37.7 Å². The van der Waals surface area contributed by atoms with E-state index < -0.39 is 53.2 Å². The normalized spacial score (nSPS) is 11.4. The van der Waals surface area contributed by atoms with Gasteiger partial charge in [0.05, 0.1) is 17.5 Å². The molecule has 0 bridgehead atoms. The SMILES string of the molecule is CC(=O)O.NC(N)=NCCC[C@H](NC(=O)CNC(=O)[C@@H](N)CCC(=O)O)C(=O)Nc1ccc([N+](=O)[O-])cc1. The number of benzene rings is 1. The monoisotopic (exact) mass is 540 g/mol. The van der Waals surface area contributed by atoms with Crippen LogP contribution in [0.15, 0.2) is 29.3 Å². The highest BCUT2D eigenvalue weighted by Gasteiger charge is 2.22. The number of nitrogens with one attached hydrogen (secondary N) is 3. The van der Waals surface area contributed by atoms with Crippen molar-refractivity contribution in [3.8, 4) is 0 Å². The molecule has 0 unspecified atom stereocenters. The number of carbonyl (C=O) groups is 5. The first-order valence-corrected chi connectivity index (χ1v) is 11.1. The summed E-state index contributed by atoms with van der Waals surface area (Å²) in [6, 6.07) is 2.97. The van der Waals surface area contributed by atoms with Crippen molar-refractivity contribution in [1.82, 2.24) is 10.6 Å². The molecule has 38 heavy (non-hydrogen) atoms. The summed E-state index contributed by atoms with van der Waals surface area (Å²) in [6.07, 6.45) is 0.0751. The van der Waals surface area contributed by atoms with Crippen molar-refractivity contribution in [3.63, 3.8) is 0 Å². The molecule has 11 N–H and O–H groups in total. The fourth-order valence-corrected chi connectivity index (χ4v) is 2.62. The zero-order valence-electron chi connectivity index (χ0n) is 20.6. The number of non-ortho nitro benzene ring substituents is 1. The van der Waals surface area contributed by atoms with E-state index in [9.17, 15) is 29.3 Å². The summed E-state index contributed by atoms with van der Waals surface area (Å²) in [4.78, 5) is 70.4. The molecule has 3 amide bonds. The van der Waals surface area contributed by atoms with E-state index in [0.29, 0.717) is 6.42 Å². The zero-order chi connectivity index (χ0) is 29.3. The van der Waals surface area contributed by atoms with Crippen molar-refractivity contribution in [1.29, 1.82) is 0 Å². The number of anilines is 1. The molecule has 1 rings (SSSR count). The maximum absolute atomic E-state index is 12.7. The van der Waals surface area contributed by atoms with Gasteiger partial charge in [-0.05, 0) is 31.4 Å². The van der Waals surface area contributed by atoms with Crippen LogP contribution in [0.25, 0.3) is 0 Å². The van der Waals surface area contributed by atoms with Crippen LogP contribution in [0.4, 0.5) is 11.4 Å². The average Bonchev–Trinajstić information content (AvgIpc) is 2.82. The maximum Gasteiger partial charge on any atom is 0.303 e. The first-order valence-electron chi connectivity index (χ1n) is 11.1. The van der Waals surface area contributed by atoms with Gasteiger partial charge in [-0.15, -0.1) is 0 Å². The van der Waals surface area contributed by atoms with E-state index in [0.717, 1.165) is 6.92 Å². The molecule has 17 heteroatoms. The van der Waals surface area contributed by atoms with Gasteiger partial charge in [-0.1, -0.05) is 0 Å². The lowest BCUT2D eigenvalue weighted by molar-refractivity contribution is -0.384. The van der Waals surface area contributed by atoms with Crippen LogP contribution in [0, 0.1) is 10.1 Å². The Bertz CT molecular complexity index is 1010. The predicted molar refractivity (Wildman–Crippen MR) is 135 cm³/mol. The Kier molecular flexibility index (Phi) is 15.4. The summed E-state index contributed by atoms with van der Waals surface area (Å²) in [7, 11) is 0. The average molecular weight is 541 g/mol. The molecule has 0 aliphatic heterocycles. The van der Waals surface area contributed by atoms with Crippen LogP contribution >= 0.6 is 0 Å². The molecular weight excluding hydrogens is 508 g/mol. The summed E-state index contributed by atoms with van der Waals surface area (Å²) in [5.41, 5.74) is 16.2. The first-order chi connectivity index (χ1) is 17.7. The minimum absolute atomic E-state index is 0.103. The number of nitrogens with two attached hydrogens (primary N) is 3. The summed E-state index contributed by atoms with van der Waals surface area (Å²) in [6.45, 7) is 0.795. The van der Waals surface area contributed by atoms with Gasteiger partial charge in [-0.25, -0.2) is 0 Å². The second-order valence-electron chi connectivity index (χ2n) is 7.64. The highest BCUT2D eigenvalue weighted by Crippen LogP contribution is 2.16. The van der Waals surface area contributed by atoms with E-state index in [-0.39, 0.29) is 43.1 Å². The Labute approximate surface area is 217 Å². The van der Waals surface area contributed by atoms with Crippen molar-refractivity contribution >= 4 is 47.0 Å². The van der Waals surface area contributed by atoms with Crippen molar-refractivity contribution in [2.45, 2.75) is 44.7 Å². The minimum atomic E-state index is -1.11. The molecular formula is C21H32N8O9. The number of carboxylic acid groups (broad SMARTS) is 2. The summed E-state index contributed by atoms with van der Waals surface area (Å²) in [5.74, 6) is -4.07. The third-order valence-electron chi connectivity index (χ3n) is 4.37. The maximum atomic E-state index is 12.7. The highest BCUT2D eigenvalue weighted by atomic mass is 16.6. The van der Waals surface area contributed by atoms with Crippen LogP contribution in [-0.2, 0) is 24.0 Å². The lowest BCUT2D eigenvalue weighted by atomic mass is 10.1. The molecule has 0 spiro atoms. The standard InChI is InChI=1S/C19H28N8O7.C2H4O2/c20-13(7-8-16(29)30)17(31)24-10-15(28)26-14(2-1-9-23-19(21)22)18(32)25-11-3-5-12(6-4-11)27(33)34;1-2(3)4/h3-6,13-14H,1-2,7-10,20H2,(H,24,31)(H,25,32)(H,26,28)(H,29,30)(H4,21,22,23);1H3,(H,3,4)/t13-,14-;/m0./s1. The molecule has 0 saturated heterocycles. The fourth-order valence-electron chi connectivity index (χ4n) is 2.62. The number of carbonyl (C=O) groups excluding carboxylic acids is 3. The zero-order valence-corrected chi connectivity index (χ0v) is 20.6. The van der Waals surface area contributed by atoms with E-state index in [1.54, 1.807) is 0 Å². The number of rotatable bonds is 14. The van der Waals surface area contributed by atoms with Gasteiger partial charge in [0.25, 0.3) is 11.7 Å². The van der Waals surface area contributed by atoms with Crippen LogP contribution in [-0.4, -0.2) is 75.9 Å². The predicted octanol–water partition coefficient (Wildman–Crippen LogP) is -1.53. The van der Waals surface area contributed by atoms with E-state index in [1.807, 2.05) is 0 Å². The summed E-state index contributed by atoms with van der Waals surface area (Å²) < 4.78 is 0. The number of nitro groups is 1. The molecule has 0 radical (unpaired) electrons. The molecule has 0 fully saturated rings. The Balaban J connectivity index is 0.00000318. The molecule has 0 aromatic heterocycles. The molecule has 210 valence electrons. The Hall–Kier alpha value is -4.80. The Morgan fingerprint density at radius 1 is 1.05 bits per heavy atom. The number of nitrogens with zero attached hydrogens (tertiary/aromatic N) is 2. The molecule has 0 heterocycles. The van der Waals surface area contributed by atoms with Crippen LogP contribution in [0.2, 0.25) is 0 Å². The third-order valence-corrected chi connectivity index (χ3v) is 4.37. The number of hydrogen-bond acceptors (Lipinski definition) is 9. The van der Waals surface area contributed by atoms with Crippen LogP contribution in [0.3, 0.4) is 0 Å². The molecule has 17 nitrogen and oxygen atoms in total. The van der Waals surface area contributed by atoms with E-state index in [4.69, 9.17) is 32.2 Å². The Morgan fingerprint density at radius 2 is 1.63 bits per heavy atom. The lowest BCUT2D eigenvalue weighted by Gasteiger charge is -2.19. The highest BCUT2D eigenvalue weighted by molar-refractivity contribution is 5.98.